The monoisotopic (exact) mass is 363 g/mol. The Balaban J connectivity index is 1.89. The van der Waals surface area contributed by atoms with Gasteiger partial charge < -0.3 is 0 Å². The van der Waals surface area contributed by atoms with Crippen LogP contribution in [0, 0.1) is 5.82 Å². The summed E-state index contributed by atoms with van der Waals surface area (Å²) in [5.74, 6) is -0.0364. The maximum Gasteiger partial charge on any atom is 0.332 e. The second kappa shape index (κ2) is 6.56. The normalized spacial score (nSPS) is 11.0. The Kier molecular flexibility index (Phi) is 4.08. The highest BCUT2D eigenvalue weighted by Gasteiger charge is 2.14. The zero-order valence-electron chi connectivity index (χ0n) is 14.3. The number of hydrogen-bond donors (Lipinski definition) is 0. The van der Waals surface area contributed by atoms with Crippen LogP contribution in [-0.4, -0.2) is 24.1 Å². The summed E-state index contributed by atoms with van der Waals surface area (Å²) in [6.07, 6.45) is 4.62. The molecule has 0 aliphatic carbocycles. The predicted octanol–water partition coefficient (Wildman–Crippen LogP) is 1.74. The Morgan fingerprint density at radius 1 is 1.11 bits per heavy atom. The fourth-order valence-corrected chi connectivity index (χ4v) is 2.88. The Bertz CT molecular complexity index is 1260. The maximum absolute atomic E-state index is 13.4. The van der Waals surface area contributed by atoms with Gasteiger partial charge in [0.25, 0.3) is 5.56 Å². The molecule has 0 atom stereocenters. The van der Waals surface area contributed by atoms with E-state index >= 15 is 0 Å². The first-order chi connectivity index (χ1) is 13.0. The lowest BCUT2D eigenvalue weighted by atomic mass is 10.2. The van der Waals surface area contributed by atoms with Crippen LogP contribution < -0.4 is 11.2 Å². The van der Waals surface area contributed by atoms with E-state index in [2.05, 4.69) is 15.0 Å². The zero-order valence-corrected chi connectivity index (χ0v) is 14.3. The molecule has 27 heavy (non-hydrogen) atoms. The summed E-state index contributed by atoms with van der Waals surface area (Å²) in [6.45, 7) is -0.0364. The Morgan fingerprint density at radius 2 is 1.89 bits per heavy atom. The standard InChI is InChI=1S/C19H14FN5O2/c1-24-17-15(10-22-16(23-17)13-5-7-21-8-6-13)18(26)25(19(24)27)11-12-3-2-4-14(20)9-12/h2-10H,11H2,1H3. The van der Waals surface area contributed by atoms with Crippen molar-refractivity contribution in [2.45, 2.75) is 6.54 Å². The van der Waals surface area contributed by atoms with Gasteiger partial charge >= 0.3 is 5.69 Å². The molecule has 0 spiro atoms. The Hall–Kier alpha value is -3.68. The minimum Gasteiger partial charge on any atom is -0.280 e. The summed E-state index contributed by atoms with van der Waals surface area (Å²) >= 11 is 0. The molecule has 3 heterocycles. The molecular formula is C19H14FN5O2. The van der Waals surface area contributed by atoms with Crippen LogP contribution in [0.1, 0.15) is 5.56 Å². The van der Waals surface area contributed by atoms with Gasteiger partial charge in [0, 0.05) is 31.2 Å². The van der Waals surface area contributed by atoms with Crippen LogP contribution in [0.2, 0.25) is 0 Å². The van der Waals surface area contributed by atoms with Gasteiger partial charge in [-0.15, -0.1) is 0 Å². The van der Waals surface area contributed by atoms with Crippen molar-refractivity contribution in [2.24, 2.45) is 7.05 Å². The van der Waals surface area contributed by atoms with Gasteiger partial charge in [-0.05, 0) is 29.8 Å². The number of halogens is 1. The molecule has 1 aromatic carbocycles. The molecule has 3 aromatic heterocycles. The highest BCUT2D eigenvalue weighted by molar-refractivity contribution is 5.75. The van der Waals surface area contributed by atoms with Crippen LogP contribution in [-0.2, 0) is 13.6 Å². The summed E-state index contributed by atoms with van der Waals surface area (Å²) in [6, 6.07) is 9.26. The van der Waals surface area contributed by atoms with Gasteiger partial charge in [0.05, 0.1) is 6.54 Å². The topological polar surface area (TPSA) is 82.7 Å². The lowest BCUT2D eigenvalue weighted by Gasteiger charge is -2.11. The van der Waals surface area contributed by atoms with E-state index in [9.17, 15) is 14.0 Å². The number of pyridine rings is 1. The van der Waals surface area contributed by atoms with E-state index in [1.807, 2.05) is 0 Å². The Morgan fingerprint density at radius 3 is 2.63 bits per heavy atom. The number of aryl methyl sites for hydroxylation is 1. The highest BCUT2D eigenvalue weighted by Crippen LogP contribution is 2.15. The Labute approximate surface area is 152 Å². The average Bonchev–Trinajstić information content (AvgIpc) is 2.70. The molecule has 0 fully saturated rings. The average molecular weight is 363 g/mol. The lowest BCUT2D eigenvalue weighted by molar-refractivity contribution is 0.617. The van der Waals surface area contributed by atoms with E-state index in [1.54, 1.807) is 30.6 Å². The third kappa shape index (κ3) is 3.01. The van der Waals surface area contributed by atoms with Crippen molar-refractivity contribution in [3.05, 3.63) is 87.2 Å². The number of hydrogen-bond acceptors (Lipinski definition) is 5. The van der Waals surface area contributed by atoms with E-state index in [1.165, 1.54) is 36.0 Å². The van der Waals surface area contributed by atoms with Gasteiger partial charge in [0.1, 0.15) is 11.2 Å². The zero-order chi connectivity index (χ0) is 19.0. The van der Waals surface area contributed by atoms with E-state index in [4.69, 9.17) is 0 Å². The molecule has 0 aliphatic heterocycles. The molecule has 4 rings (SSSR count). The third-order valence-corrected chi connectivity index (χ3v) is 4.25. The molecule has 0 saturated carbocycles. The minimum atomic E-state index is -0.531. The lowest BCUT2D eigenvalue weighted by Crippen LogP contribution is -2.39. The number of rotatable bonds is 3. The molecule has 0 bridgehead atoms. The number of benzene rings is 1. The summed E-state index contributed by atoms with van der Waals surface area (Å²) < 4.78 is 15.8. The molecule has 7 nitrogen and oxygen atoms in total. The fourth-order valence-electron chi connectivity index (χ4n) is 2.88. The van der Waals surface area contributed by atoms with E-state index < -0.39 is 17.1 Å². The van der Waals surface area contributed by atoms with Gasteiger partial charge in [-0.2, -0.15) is 0 Å². The van der Waals surface area contributed by atoms with E-state index in [-0.39, 0.29) is 17.6 Å². The van der Waals surface area contributed by atoms with E-state index in [0.717, 1.165) is 10.1 Å². The van der Waals surface area contributed by atoms with Crippen molar-refractivity contribution in [1.82, 2.24) is 24.1 Å². The van der Waals surface area contributed by atoms with Crippen LogP contribution in [0.3, 0.4) is 0 Å². The number of nitrogens with zero attached hydrogens (tertiary/aromatic N) is 5. The first-order valence-electron chi connectivity index (χ1n) is 8.16. The highest BCUT2D eigenvalue weighted by atomic mass is 19.1. The van der Waals surface area contributed by atoms with Gasteiger partial charge in [-0.25, -0.2) is 19.2 Å². The van der Waals surface area contributed by atoms with Crippen LogP contribution in [0.5, 0.6) is 0 Å². The number of aromatic nitrogens is 5. The second-order valence-corrected chi connectivity index (χ2v) is 6.03. The fraction of sp³-hybridized carbons (Fsp3) is 0.105. The van der Waals surface area contributed by atoms with Crippen LogP contribution in [0.4, 0.5) is 4.39 Å². The van der Waals surface area contributed by atoms with Crippen LogP contribution in [0.15, 0.2) is 64.6 Å². The summed E-state index contributed by atoms with van der Waals surface area (Å²) in [5, 5.41) is 0.214. The largest absolute Gasteiger partial charge is 0.332 e. The van der Waals surface area contributed by atoms with Gasteiger partial charge in [0.2, 0.25) is 0 Å². The van der Waals surface area contributed by atoms with Crippen LogP contribution in [0.25, 0.3) is 22.4 Å². The smallest absolute Gasteiger partial charge is 0.280 e. The van der Waals surface area contributed by atoms with Crippen molar-refractivity contribution in [3.8, 4) is 11.4 Å². The van der Waals surface area contributed by atoms with Crippen LogP contribution >= 0.6 is 0 Å². The molecule has 0 saturated heterocycles. The summed E-state index contributed by atoms with van der Waals surface area (Å²) in [4.78, 5) is 38.1. The van der Waals surface area contributed by atoms with Gasteiger partial charge in [-0.1, -0.05) is 12.1 Å². The molecular weight excluding hydrogens is 349 g/mol. The van der Waals surface area contributed by atoms with Crippen molar-refractivity contribution in [1.29, 1.82) is 0 Å². The molecule has 0 radical (unpaired) electrons. The molecule has 4 aromatic rings. The minimum absolute atomic E-state index is 0.0364. The molecule has 0 unspecified atom stereocenters. The van der Waals surface area contributed by atoms with Crippen molar-refractivity contribution < 1.29 is 4.39 Å². The van der Waals surface area contributed by atoms with Gasteiger partial charge in [0.15, 0.2) is 11.5 Å². The molecule has 8 heteroatoms. The van der Waals surface area contributed by atoms with Crippen molar-refractivity contribution in [2.75, 3.05) is 0 Å². The summed E-state index contributed by atoms with van der Waals surface area (Å²) in [5.41, 5.74) is 0.434. The molecule has 134 valence electrons. The SMILES string of the molecule is Cn1c(=O)n(Cc2cccc(F)c2)c(=O)c2cnc(-c3ccncc3)nc21. The summed E-state index contributed by atoms with van der Waals surface area (Å²) in [7, 11) is 1.54. The number of fused-ring (bicyclic) bond motifs is 1. The first kappa shape index (κ1) is 16.8. The maximum atomic E-state index is 13.4. The second-order valence-electron chi connectivity index (χ2n) is 6.03. The molecule has 0 N–H and O–H groups in total. The molecule has 0 aliphatic rings. The van der Waals surface area contributed by atoms with Crippen molar-refractivity contribution >= 4 is 11.0 Å². The quantitative estimate of drug-likeness (QED) is 0.554. The van der Waals surface area contributed by atoms with E-state index in [0.29, 0.717) is 11.4 Å². The third-order valence-electron chi connectivity index (χ3n) is 4.25. The predicted molar refractivity (Wildman–Crippen MR) is 97.8 cm³/mol. The first-order valence-corrected chi connectivity index (χ1v) is 8.16. The van der Waals surface area contributed by atoms with Crippen molar-refractivity contribution in [3.63, 3.8) is 0 Å². The molecule has 0 amide bonds. The van der Waals surface area contributed by atoms with Gasteiger partial charge in [-0.3, -0.25) is 18.9 Å².